The Hall–Kier alpha value is -1.47. The molecular formula is C34H44Hf. The summed E-state index contributed by atoms with van der Waals surface area (Å²) in [6.45, 7) is 15.9. The molecule has 3 aromatic rings. The average Bonchev–Trinajstić information content (AvgIpc) is 3.49. The van der Waals surface area contributed by atoms with E-state index < -0.39 is 0 Å². The molecule has 1 heteroatoms. The van der Waals surface area contributed by atoms with Crippen LogP contribution < -0.4 is 0 Å². The largest absolute Gasteiger partial charge is 0.214 e. The molecule has 0 atom stereocenters. The van der Waals surface area contributed by atoms with E-state index in [0.29, 0.717) is 0 Å². The predicted molar refractivity (Wildman–Crippen MR) is 150 cm³/mol. The molecule has 184 valence electrons. The maximum atomic E-state index is 3.67. The second kappa shape index (κ2) is 12.2. The van der Waals surface area contributed by atoms with Crippen LogP contribution in [-0.4, -0.2) is 3.26 Å². The minimum absolute atomic E-state index is 0.167. The Balaban J connectivity index is 0.000000199. The molecule has 1 fully saturated rings. The number of hydrogen-bond acceptors (Lipinski definition) is 0. The van der Waals surface area contributed by atoms with Gasteiger partial charge in [0, 0.05) is 0 Å². The fourth-order valence-corrected chi connectivity index (χ4v) is 5.92. The van der Waals surface area contributed by atoms with Crippen LogP contribution in [0, 0.1) is 12.0 Å². The molecule has 2 aliphatic carbocycles. The van der Waals surface area contributed by atoms with Crippen molar-refractivity contribution in [1.82, 2.24) is 0 Å². The van der Waals surface area contributed by atoms with Crippen LogP contribution in [0.25, 0.3) is 11.1 Å². The second-order valence-electron chi connectivity index (χ2n) is 12.3. The summed E-state index contributed by atoms with van der Waals surface area (Å²) in [6.07, 6.45) is 8.49. The van der Waals surface area contributed by atoms with Crippen molar-refractivity contribution in [1.29, 1.82) is 0 Å². The molecule has 0 nitrogen and oxygen atoms in total. The third-order valence-corrected chi connectivity index (χ3v) is 8.70. The van der Waals surface area contributed by atoms with E-state index in [0.717, 1.165) is 12.3 Å². The van der Waals surface area contributed by atoms with Gasteiger partial charge in [-0.3, -0.25) is 0 Å². The number of rotatable bonds is 1. The topological polar surface area (TPSA) is 0 Å². The fraction of sp³-hybridized carbons (Fsp3) is 0.471. The SMILES string of the molecule is CC(C)(C)c1[c-]c2c(cc1)-c1ccc(C(C)(C)C)cc1C2.C[C](=[Hf+2])C1CCCCC1.c1cc[cH-]c1. The van der Waals surface area contributed by atoms with Gasteiger partial charge < -0.3 is 0 Å². The van der Waals surface area contributed by atoms with Gasteiger partial charge in [0.25, 0.3) is 0 Å². The maximum Gasteiger partial charge on any atom is -0.172 e. The smallest absolute Gasteiger partial charge is 0.172 e. The number of hydrogen-bond donors (Lipinski definition) is 0. The Morgan fingerprint density at radius 2 is 1.49 bits per heavy atom. The summed E-state index contributed by atoms with van der Waals surface area (Å²) in [5.74, 6) is 1.03. The number of fused-ring (bicyclic) bond motifs is 3. The van der Waals surface area contributed by atoms with Crippen molar-refractivity contribution < 1.29 is 23.9 Å². The molecule has 5 rings (SSSR count). The van der Waals surface area contributed by atoms with Gasteiger partial charge in [0.15, 0.2) is 0 Å². The third-order valence-electron chi connectivity index (χ3n) is 7.24. The molecule has 35 heavy (non-hydrogen) atoms. The van der Waals surface area contributed by atoms with Crippen LogP contribution in [0.3, 0.4) is 0 Å². The van der Waals surface area contributed by atoms with Crippen molar-refractivity contribution in [2.45, 2.75) is 97.8 Å². The van der Waals surface area contributed by atoms with Crippen LogP contribution >= 0.6 is 0 Å². The van der Waals surface area contributed by atoms with E-state index in [1.165, 1.54) is 89.4 Å². The first-order valence-corrected chi connectivity index (χ1v) is 15.2. The van der Waals surface area contributed by atoms with E-state index in [9.17, 15) is 0 Å². The Labute approximate surface area is 230 Å². The van der Waals surface area contributed by atoms with Crippen LogP contribution in [-0.2, 0) is 41.1 Å². The Kier molecular flexibility index (Phi) is 9.78. The normalized spacial score (nSPS) is 15.2. The molecule has 0 amide bonds. The quantitative estimate of drug-likeness (QED) is 0.145. The molecule has 3 aromatic carbocycles. The zero-order valence-electron chi connectivity index (χ0n) is 23.1. The van der Waals surface area contributed by atoms with Gasteiger partial charge in [0.05, 0.1) is 0 Å². The molecule has 0 unspecified atom stereocenters. The minimum atomic E-state index is 0.167. The molecule has 0 spiro atoms. The van der Waals surface area contributed by atoms with Crippen molar-refractivity contribution in [2.75, 3.05) is 0 Å². The van der Waals surface area contributed by atoms with E-state index in [4.69, 9.17) is 0 Å². The van der Waals surface area contributed by atoms with Crippen LogP contribution in [0.15, 0.2) is 60.7 Å². The average molecular weight is 631 g/mol. The molecule has 0 saturated heterocycles. The maximum absolute atomic E-state index is 3.67. The molecule has 0 bridgehead atoms. The van der Waals surface area contributed by atoms with Crippen LogP contribution in [0.1, 0.15) is 103 Å². The Morgan fingerprint density at radius 3 is 1.97 bits per heavy atom. The van der Waals surface area contributed by atoms with E-state index >= 15 is 0 Å². The summed E-state index contributed by atoms with van der Waals surface area (Å²) in [4.78, 5) is 0. The van der Waals surface area contributed by atoms with Gasteiger partial charge in [-0.15, -0.1) is 11.1 Å². The van der Waals surface area contributed by atoms with Crippen LogP contribution in [0.2, 0.25) is 0 Å². The molecule has 1 saturated carbocycles. The van der Waals surface area contributed by atoms with E-state index in [-0.39, 0.29) is 10.8 Å². The second-order valence-corrected chi connectivity index (χ2v) is 15.1. The van der Waals surface area contributed by atoms with Crippen molar-refractivity contribution in [3.8, 4) is 11.1 Å². The van der Waals surface area contributed by atoms with E-state index in [1.54, 1.807) is 3.26 Å². The van der Waals surface area contributed by atoms with Gasteiger partial charge in [0.2, 0.25) is 0 Å². The molecule has 0 aromatic heterocycles. The first-order chi connectivity index (χ1) is 16.5. The zero-order valence-corrected chi connectivity index (χ0v) is 26.7. The summed E-state index contributed by atoms with van der Waals surface area (Å²) in [5, 5.41) is 0. The standard InChI is InChI=1S/C21H25.C8H14.C5H5.Hf/c1-20(2,3)16-7-9-18-14(12-16)11-15-13-17(21(4,5)6)8-10-19(15)18;1-2-8-6-4-3-5-7-8;1-2-4-5-3-1;/h7-10,12H,11H2,1-6H3;8H,3-7H2,1H3;1-5H;/q-1;;-1;+2. The van der Waals surface area contributed by atoms with Crippen molar-refractivity contribution >= 4 is 3.26 Å². The fourth-order valence-electron chi connectivity index (χ4n) is 4.88. The van der Waals surface area contributed by atoms with Crippen LogP contribution in [0.4, 0.5) is 0 Å². The Bertz CT molecular complexity index is 1000. The van der Waals surface area contributed by atoms with Crippen LogP contribution in [0.5, 0.6) is 0 Å². The van der Waals surface area contributed by atoms with Crippen molar-refractivity contribution in [2.24, 2.45) is 5.92 Å². The molecular weight excluding hydrogens is 587 g/mol. The molecule has 0 heterocycles. The Morgan fingerprint density at radius 1 is 0.857 bits per heavy atom. The predicted octanol–water partition coefficient (Wildman–Crippen LogP) is 9.36. The summed E-state index contributed by atoms with van der Waals surface area (Å²) in [5.41, 5.74) is 8.70. The molecule has 0 N–H and O–H groups in total. The summed E-state index contributed by atoms with van der Waals surface area (Å²) < 4.78 is 1.79. The van der Waals surface area contributed by atoms with Crippen molar-refractivity contribution in [3.05, 3.63) is 89.0 Å². The third kappa shape index (κ3) is 8.01. The number of benzene rings is 2. The summed E-state index contributed by atoms with van der Waals surface area (Å²) in [7, 11) is 0. The molecule has 0 radical (unpaired) electrons. The van der Waals surface area contributed by atoms with Gasteiger partial charge in [-0.2, -0.15) is 42.0 Å². The first kappa shape index (κ1) is 28.1. The summed E-state index contributed by atoms with van der Waals surface area (Å²) >= 11 is 1.33. The van der Waals surface area contributed by atoms with Gasteiger partial charge in [-0.1, -0.05) is 65.3 Å². The minimum Gasteiger partial charge on any atom is -0.214 e. The first-order valence-electron chi connectivity index (χ1n) is 13.4. The van der Waals surface area contributed by atoms with E-state index in [1.807, 2.05) is 30.3 Å². The van der Waals surface area contributed by atoms with Gasteiger partial charge in [-0.05, 0) is 28.4 Å². The molecule has 0 aliphatic heterocycles. The van der Waals surface area contributed by atoms with Gasteiger partial charge >= 0.3 is 72.1 Å². The van der Waals surface area contributed by atoms with Gasteiger partial charge in [-0.25, -0.2) is 12.1 Å². The zero-order chi connectivity index (χ0) is 25.6. The molecule has 2 aliphatic rings. The van der Waals surface area contributed by atoms with Crippen molar-refractivity contribution in [3.63, 3.8) is 0 Å². The summed E-state index contributed by atoms with van der Waals surface area (Å²) in [6, 6.07) is 25.2. The van der Waals surface area contributed by atoms with Gasteiger partial charge in [0.1, 0.15) is 0 Å². The van der Waals surface area contributed by atoms with E-state index in [2.05, 4.69) is 84.9 Å². The monoisotopic (exact) mass is 632 g/mol.